The summed E-state index contributed by atoms with van der Waals surface area (Å²) in [5.41, 5.74) is 6.32. The lowest BCUT2D eigenvalue weighted by Crippen LogP contribution is -2.51. The number of halogens is 3. The van der Waals surface area contributed by atoms with E-state index < -0.39 is 30.0 Å². The maximum Gasteiger partial charge on any atom is 0.318 e. The summed E-state index contributed by atoms with van der Waals surface area (Å²) in [5, 5.41) is 7.24. The molecule has 1 aromatic carbocycles. The van der Waals surface area contributed by atoms with Crippen molar-refractivity contribution in [1.29, 1.82) is 0 Å². The molecule has 0 saturated heterocycles. The summed E-state index contributed by atoms with van der Waals surface area (Å²) in [6.45, 7) is 5.23. The van der Waals surface area contributed by atoms with Crippen molar-refractivity contribution in [2.75, 3.05) is 13.2 Å². The number of carbonyl (C=O) groups is 2. The first-order valence-corrected chi connectivity index (χ1v) is 9.89. The third kappa shape index (κ3) is 4.40. The maximum atomic E-state index is 13.6. The highest BCUT2D eigenvalue weighted by Crippen LogP contribution is 2.34. The molecular weight excluding hydrogens is 416 g/mol. The minimum atomic E-state index is -0.747. The third-order valence-electron chi connectivity index (χ3n) is 4.78. The van der Waals surface area contributed by atoms with E-state index in [1.54, 1.807) is 4.68 Å². The van der Waals surface area contributed by atoms with Gasteiger partial charge in [0.15, 0.2) is 0 Å². The minimum Gasteiger partial charge on any atom is -0.365 e. The molecule has 0 saturated carbocycles. The molecule has 1 aromatic heterocycles. The van der Waals surface area contributed by atoms with Gasteiger partial charge in [-0.1, -0.05) is 11.6 Å². The number of aromatic nitrogens is 2. The molecule has 30 heavy (non-hydrogen) atoms. The molecule has 2 aromatic rings. The fourth-order valence-electron chi connectivity index (χ4n) is 3.50. The van der Waals surface area contributed by atoms with Crippen LogP contribution in [-0.2, 0) is 6.54 Å². The van der Waals surface area contributed by atoms with E-state index >= 15 is 0 Å². The second-order valence-electron chi connectivity index (χ2n) is 8.30. The Kier molecular flexibility index (Phi) is 6.03. The Morgan fingerprint density at radius 2 is 2.07 bits per heavy atom. The van der Waals surface area contributed by atoms with Crippen LogP contribution >= 0.6 is 11.6 Å². The van der Waals surface area contributed by atoms with E-state index in [1.807, 2.05) is 20.8 Å². The highest BCUT2D eigenvalue weighted by atomic mass is 35.5. The molecule has 7 nitrogen and oxygen atoms in total. The number of fused-ring (bicyclic) bond motifs is 1. The first-order valence-electron chi connectivity index (χ1n) is 9.51. The Labute approximate surface area is 178 Å². The molecule has 2 heterocycles. The number of carbonyl (C=O) groups excluding carboxylic acids is 2. The van der Waals surface area contributed by atoms with Crippen molar-refractivity contribution in [3.8, 4) is 11.3 Å². The number of primary amides is 1. The number of alkyl halides is 1. The molecular formula is C20H24ClF2N5O2. The molecule has 0 fully saturated rings. The van der Waals surface area contributed by atoms with E-state index in [-0.39, 0.29) is 41.8 Å². The quantitative estimate of drug-likeness (QED) is 0.761. The molecule has 0 spiro atoms. The highest BCUT2D eigenvalue weighted by molar-refractivity contribution is 6.31. The zero-order valence-corrected chi connectivity index (χ0v) is 17.8. The SMILES string of the molecule is CC(C)(C)NC(=O)N1Cc2c(C(N)=O)c(-c3ccc(F)c(Cl)c3)nn2C(CCF)C1. The van der Waals surface area contributed by atoms with Crippen molar-refractivity contribution >= 4 is 23.5 Å². The van der Waals surface area contributed by atoms with Crippen molar-refractivity contribution in [2.24, 2.45) is 5.73 Å². The van der Waals surface area contributed by atoms with Crippen LogP contribution < -0.4 is 11.1 Å². The number of hydrogen-bond donors (Lipinski definition) is 2. The standard InChI is InChI=1S/C20H24ClF2N5O2/c1-20(2,3)25-19(30)27-9-12(6-7-22)28-15(10-27)16(18(24)29)17(26-28)11-4-5-14(23)13(21)8-11/h4-5,8,12H,6-7,9-10H2,1-3H3,(H2,24,29)(H,25,30). The van der Waals surface area contributed by atoms with Crippen LogP contribution in [0, 0.1) is 5.82 Å². The van der Waals surface area contributed by atoms with Crippen molar-refractivity contribution in [2.45, 2.75) is 45.3 Å². The average Bonchev–Trinajstić information content (AvgIpc) is 3.02. The van der Waals surface area contributed by atoms with Crippen LogP contribution in [0.3, 0.4) is 0 Å². The molecule has 3 N–H and O–H groups in total. The van der Waals surface area contributed by atoms with Crippen molar-refractivity contribution < 1.29 is 18.4 Å². The van der Waals surface area contributed by atoms with E-state index in [0.717, 1.165) is 0 Å². The number of urea groups is 1. The molecule has 1 atom stereocenters. The molecule has 0 aliphatic carbocycles. The number of hydrogen-bond acceptors (Lipinski definition) is 3. The van der Waals surface area contributed by atoms with Gasteiger partial charge in [0.1, 0.15) is 11.5 Å². The van der Waals surface area contributed by atoms with Gasteiger partial charge in [-0.25, -0.2) is 9.18 Å². The summed E-state index contributed by atoms with van der Waals surface area (Å²) in [7, 11) is 0. The summed E-state index contributed by atoms with van der Waals surface area (Å²) < 4.78 is 28.4. The van der Waals surface area contributed by atoms with Crippen molar-refractivity contribution in [3.05, 3.63) is 40.3 Å². The van der Waals surface area contributed by atoms with E-state index in [4.69, 9.17) is 17.3 Å². The molecule has 162 valence electrons. The number of nitrogens with one attached hydrogen (secondary N) is 1. The van der Waals surface area contributed by atoms with Crippen LogP contribution in [0.25, 0.3) is 11.3 Å². The van der Waals surface area contributed by atoms with Crippen LogP contribution in [0.15, 0.2) is 18.2 Å². The van der Waals surface area contributed by atoms with Crippen LogP contribution in [-0.4, -0.2) is 45.4 Å². The summed E-state index contributed by atoms with van der Waals surface area (Å²) in [4.78, 5) is 26.6. The fourth-order valence-corrected chi connectivity index (χ4v) is 3.68. The van der Waals surface area contributed by atoms with Gasteiger partial charge in [-0.15, -0.1) is 0 Å². The first kappa shape index (κ1) is 22.0. The van der Waals surface area contributed by atoms with Gasteiger partial charge in [-0.3, -0.25) is 13.9 Å². The lowest BCUT2D eigenvalue weighted by molar-refractivity contribution is 0.0995. The summed E-state index contributed by atoms with van der Waals surface area (Å²) >= 11 is 5.89. The van der Waals surface area contributed by atoms with Gasteiger partial charge in [0.05, 0.1) is 35.5 Å². The predicted octanol–water partition coefficient (Wildman–Crippen LogP) is 3.67. The second kappa shape index (κ2) is 8.22. The molecule has 1 aliphatic heterocycles. The smallest absolute Gasteiger partial charge is 0.318 e. The molecule has 1 unspecified atom stereocenters. The number of amides is 3. The van der Waals surface area contributed by atoms with Crippen LogP contribution in [0.2, 0.25) is 5.02 Å². The van der Waals surface area contributed by atoms with Gasteiger partial charge < -0.3 is 16.0 Å². The first-order chi connectivity index (χ1) is 14.0. The molecule has 10 heteroatoms. The Hall–Kier alpha value is -2.68. The summed E-state index contributed by atoms with van der Waals surface area (Å²) in [5.74, 6) is -1.35. The van der Waals surface area contributed by atoms with Gasteiger partial charge >= 0.3 is 6.03 Å². The summed E-state index contributed by atoms with van der Waals surface area (Å²) in [6, 6.07) is 3.15. The van der Waals surface area contributed by atoms with Gasteiger partial charge in [0, 0.05) is 17.6 Å². The zero-order chi connectivity index (χ0) is 22.2. The molecule has 0 bridgehead atoms. The largest absolute Gasteiger partial charge is 0.365 e. The van der Waals surface area contributed by atoms with Gasteiger partial charge in [0.2, 0.25) is 0 Å². The molecule has 3 amide bonds. The monoisotopic (exact) mass is 439 g/mol. The molecule has 3 rings (SSSR count). The van der Waals surface area contributed by atoms with Crippen LogP contribution in [0.1, 0.15) is 49.3 Å². The maximum absolute atomic E-state index is 13.6. The number of nitrogens with zero attached hydrogens (tertiary/aromatic N) is 3. The van der Waals surface area contributed by atoms with Gasteiger partial charge in [-0.2, -0.15) is 5.10 Å². The normalized spacial score (nSPS) is 16.3. The van der Waals surface area contributed by atoms with Crippen molar-refractivity contribution in [3.63, 3.8) is 0 Å². The Morgan fingerprint density at radius 1 is 1.37 bits per heavy atom. The lowest BCUT2D eigenvalue weighted by atomic mass is 10.0. The lowest BCUT2D eigenvalue weighted by Gasteiger charge is -2.35. The van der Waals surface area contributed by atoms with Gasteiger partial charge in [0.25, 0.3) is 5.91 Å². The van der Waals surface area contributed by atoms with E-state index in [1.165, 1.54) is 23.1 Å². The van der Waals surface area contributed by atoms with E-state index in [9.17, 15) is 18.4 Å². The number of benzene rings is 1. The fraction of sp³-hybridized carbons (Fsp3) is 0.450. The van der Waals surface area contributed by atoms with Crippen LogP contribution in [0.4, 0.5) is 13.6 Å². The van der Waals surface area contributed by atoms with Crippen LogP contribution in [0.5, 0.6) is 0 Å². The minimum absolute atomic E-state index is 0.0743. The zero-order valence-electron chi connectivity index (χ0n) is 17.0. The number of rotatable bonds is 4. The summed E-state index contributed by atoms with van der Waals surface area (Å²) in [6.07, 6.45) is 0.107. The topological polar surface area (TPSA) is 93.2 Å². The Bertz CT molecular complexity index is 986. The molecule has 0 radical (unpaired) electrons. The van der Waals surface area contributed by atoms with Gasteiger partial charge in [-0.05, 0) is 45.4 Å². The van der Waals surface area contributed by atoms with E-state index in [2.05, 4.69) is 10.4 Å². The van der Waals surface area contributed by atoms with Crippen molar-refractivity contribution in [1.82, 2.24) is 20.0 Å². The highest BCUT2D eigenvalue weighted by Gasteiger charge is 2.35. The molecule has 1 aliphatic rings. The average molecular weight is 440 g/mol. The third-order valence-corrected chi connectivity index (χ3v) is 5.07. The number of nitrogens with two attached hydrogens (primary N) is 1. The van der Waals surface area contributed by atoms with E-state index in [0.29, 0.717) is 11.3 Å². The second-order valence-corrected chi connectivity index (χ2v) is 8.71. The predicted molar refractivity (Wildman–Crippen MR) is 109 cm³/mol. The Morgan fingerprint density at radius 3 is 2.63 bits per heavy atom. The Balaban J connectivity index is 2.10.